The highest BCUT2D eigenvalue weighted by Crippen LogP contribution is 2.34. The van der Waals surface area contributed by atoms with Crippen LogP contribution in [0.3, 0.4) is 0 Å². The lowest BCUT2D eigenvalue weighted by molar-refractivity contribution is 0.0607. The fourth-order valence-electron chi connectivity index (χ4n) is 5.25. The average Bonchev–Trinajstić information content (AvgIpc) is 3.44. The summed E-state index contributed by atoms with van der Waals surface area (Å²) in [5.74, 6) is 1.37. The number of aromatic nitrogens is 3. The summed E-state index contributed by atoms with van der Waals surface area (Å²) in [5.41, 5.74) is 3.04. The Morgan fingerprint density at radius 3 is 2.69 bits per heavy atom. The zero-order valence-electron chi connectivity index (χ0n) is 20.7. The maximum atomic E-state index is 13.7. The first kappa shape index (κ1) is 24.8. The highest BCUT2D eigenvalue weighted by atomic mass is 35.5. The first-order valence-electron chi connectivity index (χ1n) is 12.3. The monoisotopic (exact) mass is 530 g/mol. The van der Waals surface area contributed by atoms with Crippen LogP contribution in [0.2, 0.25) is 5.02 Å². The van der Waals surface area contributed by atoms with Gasteiger partial charge < -0.3 is 9.80 Å². The van der Waals surface area contributed by atoms with Gasteiger partial charge in [-0.1, -0.05) is 18.5 Å². The van der Waals surface area contributed by atoms with E-state index >= 15 is 0 Å². The van der Waals surface area contributed by atoms with E-state index in [1.165, 1.54) is 12.1 Å². The molecule has 2 aromatic heterocycles. The van der Waals surface area contributed by atoms with Crippen molar-refractivity contribution in [2.75, 3.05) is 35.5 Å². The van der Waals surface area contributed by atoms with E-state index in [1.807, 2.05) is 12.3 Å². The van der Waals surface area contributed by atoms with Gasteiger partial charge in [0.25, 0.3) is 5.91 Å². The van der Waals surface area contributed by atoms with Crippen LogP contribution in [-0.4, -0.2) is 59.7 Å². The van der Waals surface area contributed by atoms with Crippen molar-refractivity contribution in [2.24, 2.45) is 5.92 Å². The number of nitrogens with zero attached hydrogens (tertiary/aromatic N) is 5. The van der Waals surface area contributed by atoms with Crippen LogP contribution in [0.15, 0.2) is 30.5 Å². The molecular weight excluding hydrogens is 500 g/mol. The second-order valence-corrected chi connectivity index (χ2v) is 12.2. The van der Waals surface area contributed by atoms with Crippen molar-refractivity contribution in [3.05, 3.63) is 52.3 Å². The number of carbonyl (C=O) groups excluding carboxylic acids is 1. The number of anilines is 2. The molecule has 11 heteroatoms. The number of sulfonamides is 1. The zero-order chi connectivity index (χ0) is 25.6. The summed E-state index contributed by atoms with van der Waals surface area (Å²) in [6, 6.07) is 6.32. The SMILES string of the molecule is Cc1cn2nc([C@@H]3CCCCN3C(=O)c3cc(Cl)ccc3NS(C)(=O)=O)cc2nc1N1CC[C@H](C)C1. The Balaban J connectivity index is 1.49. The fourth-order valence-corrected chi connectivity index (χ4v) is 6.00. The standard InChI is InChI=1S/C25H31ClN6O3S/c1-16-9-11-30(14-16)24-17(2)15-32-23(27-24)13-21(28-32)22-6-4-5-10-31(22)25(33)19-12-18(26)7-8-20(19)29-36(3,34)35/h7-8,12-13,15-16,22,29H,4-6,9-11,14H2,1-3H3/t16-,22-/m0/s1. The van der Waals surface area contributed by atoms with Crippen molar-refractivity contribution in [3.63, 3.8) is 0 Å². The molecule has 0 aliphatic carbocycles. The molecule has 2 aliphatic heterocycles. The minimum absolute atomic E-state index is 0.216. The van der Waals surface area contributed by atoms with Crippen molar-refractivity contribution < 1.29 is 13.2 Å². The third-order valence-corrected chi connectivity index (χ3v) is 7.79. The topological polar surface area (TPSA) is 99.9 Å². The Kier molecular flexibility index (Phi) is 6.59. The number of carbonyl (C=O) groups is 1. The van der Waals surface area contributed by atoms with Crippen LogP contribution >= 0.6 is 11.6 Å². The lowest BCUT2D eigenvalue weighted by atomic mass is 9.98. The molecule has 2 fully saturated rings. The van der Waals surface area contributed by atoms with Crippen molar-refractivity contribution in [1.29, 1.82) is 0 Å². The van der Waals surface area contributed by atoms with Gasteiger partial charge in [0, 0.05) is 42.5 Å². The number of fused-ring (bicyclic) bond motifs is 1. The first-order valence-corrected chi connectivity index (χ1v) is 14.6. The summed E-state index contributed by atoms with van der Waals surface area (Å²) in [6.07, 6.45) is 6.82. The first-order chi connectivity index (χ1) is 17.1. The molecule has 1 amide bonds. The number of hydrogen-bond donors (Lipinski definition) is 1. The third kappa shape index (κ3) is 5.01. The minimum atomic E-state index is -3.57. The Bertz CT molecular complexity index is 1420. The smallest absolute Gasteiger partial charge is 0.256 e. The molecule has 1 N–H and O–H groups in total. The summed E-state index contributed by atoms with van der Waals surface area (Å²) in [6.45, 7) is 6.86. The highest BCUT2D eigenvalue weighted by Gasteiger charge is 2.32. The molecule has 9 nitrogen and oxygen atoms in total. The van der Waals surface area contributed by atoms with Crippen LogP contribution in [0, 0.1) is 12.8 Å². The van der Waals surface area contributed by atoms with Crippen molar-refractivity contribution in [2.45, 2.75) is 45.6 Å². The molecule has 0 spiro atoms. The van der Waals surface area contributed by atoms with Crippen molar-refractivity contribution in [3.8, 4) is 0 Å². The van der Waals surface area contributed by atoms with Gasteiger partial charge >= 0.3 is 0 Å². The van der Waals surface area contributed by atoms with Gasteiger partial charge in [-0.2, -0.15) is 5.10 Å². The fraction of sp³-hybridized carbons (Fsp3) is 0.480. The number of piperidine rings is 1. The maximum absolute atomic E-state index is 13.7. The van der Waals surface area contributed by atoms with Crippen LogP contribution in [0.25, 0.3) is 5.65 Å². The normalized spacial score (nSPS) is 20.8. The molecule has 1 aromatic carbocycles. The number of benzene rings is 1. The summed E-state index contributed by atoms with van der Waals surface area (Å²) in [5, 5.41) is 5.17. The van der Waals surface area contributed by atoms with Gasteiger partial charge in [0.15, 0.2) is 5.65 Å². The van der Waals surface area contributed by atoms with Gasteiger partial charge in [-0.3, -0.25) is 9.52 Å². The summed E-state index contributed by atoms with van der Waals surface area (Å²) < 4.78 is 28.0. The molecule has 0 unspecified atom stereocenters. The van der Waals surface area contributed by atoms with Crippen LogP contribution < -0.4 is 9.62 Å². The average molecular weight is 531 g/mol. The summed E-state index contributed by atoms with van der Waals surface area (Å²) >= 11 is 6.19. The Morgan fingerprint density at radius 1 is 1.17 bits per heavy atom. The van der Waals surface area contributed by atoms with Crippen LogP contribution in [0.1, 0.15) is 60.3 Å². The lowest BCUT2D eigenvalue weighted by Gasteiger charge is -2.35. The van der Waals surface area contributed by atoms with Gasteiger partial charge in [0.05, 0.1) is 29.2 Å². The number of likely N-dealkylation sites (tertiary alicyclic amines) is 1. The maximum Gasteiger partial charge on any atom is 0.256 e. The molecule has 5 rings (SSSR count). The molecule has 2 saturated heterocycles. The second kappa shape index (κ2) is 9.55. The van der Waals surface area contributed by atoms with E-state index in [4.69, 9.17) is 21.7 Å². The van der Waals surface area contributed by atoms with E-state index in [9.17, 15) is 13.2 Å². The molecule has 0 radical (unpaired) electrons. The highest BCUT2D eigenvalue weighted by molar-refractivity contribution is 7.92. The van der Waals surface area contributed by atoms with Gasteiger partial charge in [-0.25, -0.2) is 17.9 Å². The second-order valence-electron chi connectivity index (χ2n) is 10.0. The Hall–Kier alpha value is -2.85. The number of aryl methyl sites for hydroxylation is 1. The van der Waals surface area contributed by atoms with Gasteiger partial charge in [-0.05, 0) is 56.7 Å². The Morgan fingerprint density at radius 2 is 1.97 bits per heavy atom. The van der Waals surface area contributed by atoms with E-state index in [0.29, 0.717) is 17.5 Å². The minimum Gasteiger partial charge on any atom is -0.356 e. The zero-order valence-corrected chi connectivity index (χ0v) is 22.3. The van der Waals surface area contributed by atoms with Crippen LogP contribution in [-0.2, 0) is 10.0 Å². The molecule has 4 heterocycles. The van der Waals surface area contributed by atoms with Gasteiger partial charge in [-0.15, -0.1) is 0 Å². The van der Waals surface area contributed by atoms with Crippen molar-refractivity contribution >= 4 is 44.7 Å². The molecule has 36 heavy (non-hydrogen) atoms. The number of rotatable bonds is 5. The van der Waals surface area contributed by atoms with E-state index in [2.05, 4.69) is 23.5 Å². The molecule has 2 atom stereocenters. The van der Waals surface area contributed by atoms with Crippen LogP contribution in [0.5, 0.6) is 0 Å². The van der Waals surface area contributed by atoms with E-state index in [1.54, 1.807) is 15.5 Å². The largest absolute Gasteiger partial charge is 0.356 e. The quantitative estimate of drug-likeness (QED) is 0.528. The Labute approximate surface area is 216 Å². The molecule has 2 aliphatic rings. The van der Waals surface area contributed by atoms with E-state index < -0.39 is 10.0 Å². The van der Waals surface area contributed by atoms with Gasteiger partial charge in [0.2, 0.25) is 10.0 Å². The predicted molar refractivity (Wildman–Crippen MR) is 141 cm³/mol. The third-order valence-electron chi connectivity index (χ3n) is 6.96. The lowest BCUT2D eigenvalue weighted by Crippen LogP contribution is -2.39. The molecule has 3 aromatic rings. The summed E-state index contributed by atoms with van der Waals surface area (Å²) in [4.78, 5) is 22.8. The predicted octanol–water partition coefficient (Wildman–Crippen LogP) is 4.28. The molecule has 192 valence electrons. The number of halogens is 1. The van der Waals surface area contributed by atoms with E-state index in [0.717, 1.165) is 67.8 Å². The molecule has 0 bridgehead atoms. The van der Waals surface area contributed by atoms with Gasteiger partial charge in [0.1, 0.15) is 5.82 Å². The number of amides is 1. The summed E-state index contributed by atoms with van der Waals surface area (Å²) in [7, 11) is -3.57. The molecular formula is C25H31ClN6O3S. The van der Waals surface area contributed by atoms with Crippen LogP contribution in [0.4, 0.5) is 11.5 Å². The van der Waals surface area contributed by atoms with Crippen molar-refractivity contribution in [1.82, 2.24) is 19.5 Å². The van der Waals surface area contributed by atoms with E-state index in [-0.39, 0.29) is 23.2 Å². The number of hydrogen-bond acceptors (Lipinski definition) is 6. The number of nitrogens with one attached hydrogen (secondary N) is 1. The molecule has 0 saturated carbocycles.